The minimum Gasteiger partial charge on any atom is -0.354 e. The van der Waals surface area contributed by atoms with Crippen molar-refractivity contribution in [3.63, 3.8) is 0 Å². The van der Waals surface area contributed by atoms with Crippen LogP contribution in [0.4, 0.5) is 14.5 Å². The number of amides is 2. The van der Waals surface area contributed by atoms with Crippen molar-refractivity contribution in [2.45, 2.75) is 45.7 Å². The van der Waals surface area contributed by atoms with Crippen LogP contribution < -0.4 is 9.62 Å². The smallest absolute Gasteiger partial charge is 0.243 e. The largest absolute Gasteiger partial charge is 0.354 e. The maximum absolute atomic E-state index is 13.9. The predicted octanol–water partition coefficient (Wildman–Crippen LogP) is 6.23. The second-order valence-corrected chi connectivity index (χ2v) is 13.3. The normalized spacial score (nSPS) is 12.2. The second-order valence-electron chi connectivity index (χ2n) is 10.6. The van der Waals surface area contributed by atoms with E-state index in [1.54, 1.807) is 18.2 Å². The van der Waals surface area contributed by atoms with Crippen molar-refractivity contribution in [1.29, 1.82) is 0 Å². The molecule has 0 radical (unpaired) electrons. The van der Waals surface area contributed by atoms with Crippen molar-refractivity contribution in [2.24, 2.45) is 5.92 Å². The van der Waals surface area contributed by atoms with Gasteiger partial charge in [-0.05, 0) is 42.2 Å². The zero-order valence-electron chi connectivity index (χ0n) is 24.2. The van der Waals surface area contributed by atoms with Gasteiger partial charge in [0.15, 0.2) is 11.6 Å². The van der Waals surface area contributed by atoms with Crippen LogP contribution in [-0.2, 0) is 32.6 Å². The van der Waals surface area contributed by atoms with Crippen LogP contribution in [0.5, 0.6) is 0 Å². The second kappa shape index (κ2) is 15.5. The molecule has 2 amide bonds. The van der Waals surface area contributed by atoms with E-state index in [0.717, 1.165) is 34.3 Å². The van der Waals surface area contributed by atoms with E-state index in [1.807, 2.05) is 44.2 Å². The number of hydrogen-bond acceptors (Lipinski definition) is 4. The Balaban J connectivity index is 1.93. The third kappa shape index (κ3) is 9.91. The molecule has 12 heteroatoms. The van der Waals surface area contributed by atoms with E-state index in [4.69, 9.17) is 23.2 Å². The lowest BCUT2D eigenvalue weighted by Crippen LogP contribution is -2.51. The molecule has 3 aromatic rings. The Labute approximate surface area is 261 Å². The summed E-state index contributed by atoms with van der Waals surface area (Å²) in [6.45, 7) is 4.07. The molecule has 0 aliphatic rings. The predicted molar refractivity (Wildman–Crippen MR) is 167 cm³/mol. The SMILES string of the molecule is CC(C)CNC(=O)[C@H](Cc1ccccc1)N(Cc1c(Cl)cccc1Cl)C(=O)CCCN(c1ccc(F)c(F)c1)S(C)(=O)=O. The van der Waals surface area contributed by atoms with Gasteiger partial charge in [-0.15, -0.1) is 0 Å². The van der Waals surface area contributed by atoms with Gasteiger partial charge in [-0.2, -0.15) is 0 Å². The first-order valence-electron chi connectivity index (χ1n) is 13.7. The highest BCUT2D eigenvalue weighted by atomic mass is 35.5. The van der Waals surface area contributed by atoms with Gasteiger partial charge in [-0.1, -0.05) is 73.4 Å². The zero-order chi connectivity index (χ0) is 31.7. The molecule has 7 nitrogen and oxygen atoms in total. The van der Waals surface area contributed by atoms with Crippen LogP contribution in [0.25, 0.3) is 0 Å². The highest BCUT2D eigenvalue weighted by Crippen LogP contribution is 2.28. The molecule has 0 spiro atoms. The standard InChI is InChI=1S/C31H35Cl2F2N3O4S/c1-21(2)19-36-31(40)29(17-22-9-5-4-6-10-22)37(20-24-25(32)11-7-12-26(24)33)30(39)13-8-16-38(43(3,41)42)23-14-15-27(34)28(35)18-23/h4-7,9-12,14-15,18,21,29H,8,13,16-17,19-20H2,1-3H3,(H,36,40)/t29-/m0/s1. The molecule has 1 N–H and O–H groups in total. The topological polar surface area (TPSA) is 86.8 Å². The fraction of sp³-hybridized carbons (Fsp3) is 0.355. The summed E-state index contributed by atoms with van der Waals surface area (Å²) in [6, 6.07) is 16.1. The molecule has 0 aliphatic carbocycles. The van der Waals surface area contributed by atoms with Gasteiger partial charge in [0.25, 0.3) is 0 Å². The summed E-state index contributed by atoms with van der Waals surface area (Å²) in [5, 5.41) is 3.58. The van der Waals surface area contributed by atoms with Crippen molar-refractivity contribution in [3.05, 3.63) is 99.5 Å². The Morgan fingerprint density at radius 2 is 1.58 bits per heavy atom. The number of rotatable bonds is 14. The lowest BCUT2D eigenvalue weighted by molar-refractivity contribution is -0.141. The Hall–Kier alpha value is -3.21. The summed E-state index contributed by atoms with van der Waals surface area (Å²) in [5.41, 5.74) is 1.23. The molecule has 0 heterocycles. The van der Waals surface area contributed by atoms with E-state index in [1.165, 1.54) is 4.90 Å². The molecule has 0 unspecified atom stereocenters. The van der Waals surface area contributed by atoms with Crippen LogP contribution in [0.3, 0.4) is 0 Å². The Morgan fingerprint density at radius 1 is 0.930 bits per heavy atom. The van der Waals surface area contributed by atoms with Gasteiger partial charge in [-0.25, -0.2) is 17.2 Å². The van der Waals surface area contributed by atoms with Crippen LogP contribution in [0, 0.1) is 17.6 Å². The number of nitrogens with one attached hydrogen (secondary N) is 1. The molecular formula is C31H35Cl2F2N3O4S. The number of hydrogen-bond donors (Lipinski definition) is 1. The number of halogens is 4. The molecule has 0 aromatic heterocycles. The average molecular weight is 655 g/mol. The van der Waals surface area contributed by atoms with Crippen LogP contribution in [0.15, 0.2) is 66.7 Å². The highest BCUT2D eigenvalue weighted by Gasteiger charge is 2.31. The molecule has 1 atom stereocenters. The van der Waals surface area contributed by atoms with Crippen LogP contribution in [0.2, 0.25) is 10.0 Å². The molecule has 0 fully saturated rings. The maximum Gasteiger partial charge on any atom is 0.243 e. The summed E-state index contributed by atoms with van der Waals surface area (Å²) in [4.78, 5) is 28.9. The zero-order valence-corrected chi connectivity index (χ0v) is 26.5. The minimum atomic E-state index is -3.89. The van der Waals surface area contributed by atoms with Gasteiger partial charge in [0.1, 0.15) is 6.04 Å². The van der Waals surface area contributed by atoms with E-state index in [2.05, 4.69) is 5.32 Å². The number of anilines is 1. The Morgan fingerprint density at radius 3 is 2.16 bits per heavy atom. The summed E-state index contributed by atoms with van der Waals surface area (Å²) < 4.78 is 53.3. The average Bonchev–Trinajstić information content (AvgIpc) is 2.94. The Kier molecular flexibility index (Phi) is 12.4. The summed E-state index contributed by atoms with van der Waals surface area (Å²) in [7, 11) is -3.89. The maximum atomic E-state index is 13.9. The molecule has 232 valence electrons. The molecule has 0 aliphatic heterocycles. The van der Waals surface area contributed by atoms with Crippen molar-refractivity contribution < 1.29 is 26.8 Å². The first-order chi connectivity index (χ1) is 20.3. The van der Waals surface area contributed by atoms with Gasteiger partial charge in [0.05, 0.1) is 11.9 Å². The van der Waals surface area contributed by atoms with Gasteiger partial charge < -0.3 is 10.2 Å². The Bertz CT molecular complexity index is 1500. The van der Waals surface area contributed by atoms with Gasteiger partial charge in [-0.3, -0.25) is 13.9 Å². The quantitative estimate of drug-likeness (QED) is 0.223. The molecular weight excluding hydrogens is 619 g/mol. The number of benzene rings is 3. The lowest BCUT2D eigenvalue weighted by atomic mass is 10.0. The van der Waals surface area contributed by atoms with E-state index in [0.29, 0.717) is 22.2 Å². The fourth-order valence-corrected chi connectivity index (χ4v) is 5.95. The molecule has 3 rings (SSSR count). The number of carbonyl (C=O) groups is 2. The van der Waals surface area contributed by atoms with Crippen molar-refractivity contribution >= 4 is 50.7 Å². The first kappa shape index (κ1) is 34.3. The third-order valence-corrected chi connectivity index (χ3v) is 8.59. The summed E-state index contributed by atoms with van der Waals surface area (Å²) >= 11 is 12.9. The van der Waals surface area contributed by atoms with Crippen LogP contribution in [-0.4, -0.2) is 50.5 Å². The lowest BCUT2D eigenvalue weighted by Gasteiger charge is -2.32. The van der Waals surface area contributed by atoms with Crippen LogP contribution >= 0.6 is 23.2 Å². The summed E-state index contributed by atoms with van der Waals surface area (Å²) in [6.07, 6.45) is 1.03. The van der Waals surface area contributed by atoms with Gasteiger partial charge >= 0.3 is 0 Å². The fourth-order valence-electron chi connectivity index (χ4n) is 4.47. The van der Waals surface area contributed by atoms with Gasteiger partial charge in [0, 0.05) is 54.2 Å². The monoisotopic (exact) mass is 653 g/mol. The molecule has 0 bridgehead atoms. The molecule has 0 saturated carbocycles. The van der Waals surface area contributed by atoms with E-state index in [-0.39, 0.29) is 49.9 Å². The minimum absolute atomic E-state index is 0.0311. The van der Waals surface area contributed by atoms with E-state index in [9.17, 15) is 26.8 Å². The summed E-state index contributed by atoms with van der Waals surface area (Å²) in [5.74, 6) is -2.92. The van der Waals surface area contributed by atoms with Crippen molar-refractivity contribution in [2.75, 3.05) is 23.7 Å². The van der Waals surface area contributed by atoms with E-state index >= 15 is 0 Å². The highest BCUT2D eigenvalue weighted by molar-refractivity contribution is 7.92. The number of sulfonamides is 1. The number of carbonyl (C=O) groups excluding carboxylic acids is 2. The first-order valence-corrected chi connectivity index (χ1v) is 16.3. The van der Waals surface area contributed by atoms with E-state index < -0.39 is 33.6 Å². The van der Waals surface area contributed by atoms with Crippen LogP contribution in [0.1, 0.15) is 37.8 Å². The van der Waals surface area contributed by atoms with Crippen molar-refractivity contribution in [3.8, 4) is 0 Å². The van der Waals surface area contributed by atoms with Crippen molar-refractivity contribution in [1.82, 2.24) is 10.2 Å². The van der Waals surface area contributed by atoms with Gasteiger partial charge in [0.2, 0.25) is 21.8 Å². The molecule has 0 saturated heterocycles. The third-order valence-electron chi connectivity index (χ3n) is 6.69. The molecule has 43 heavy (non-hydrogen) atoms. The molecule has 3 aromatic carbocycles. The number of nitrogens with zero attached hydrogens (tertiary/aromatic N) is 2.